The SMILES string of the molecule is COc1ccc(C(N)c2cccc(Br)c2)cc1C. The quantitative estimate of drug-likeness (QED) is 0.936. The molecule has 0 spiro atoms. The molecule has 2 aromatic carbocycles. The van der Waals surface area contributed by atoms with Crippen molar-refractivity contribution in [3.8, 4) is 5.75 Å². The Hall–Kier alpha value is -1.32. The molecule has 0 aliphatic rings. The molecule has 3 heteroatoms. The summed E-state index contributed by atoms with van der Waals surface area (Å²) in [6, 6.07) is 14.0. The lowest BCUT2D eigenvalue weighted by Crippen LogP contribution is -2.12. The fourth-order valence-electron chi connectivity index (χ4n) is 1.99. The molecule has 18 heavy (non-hydrogen) atoms. The average molecular weight is 306 g/mol. The molecule has 1 atom stereocenters. The number of methoxy groups -OCH3 is 1. The number of benzene rings is 2. The summed E-state index contributed by atoms with van der Waals surface area (Å²) in [4.78, 5) is 0. The topological polar surface area (TPSA) is 35.2 Å². The molecule has 94 valence electrons. The lowest BCUT2D eigenvalue weighted by atomic mass is 9.98. The number of hydrogen-bond acceptors (Lipinski definition) is 2. The maximum absolute atomic E-state index is 6.28. The van der Waals surface area contributed by atoms with Crippen LogP contribution >= 0.6 is 15.9 Å². The molecule has 2 aromatic rings. The zero-order valence-corrected chi connectivity index (χ0v) is 12.1. The summed E-state index contributed by atoms with van der Waals surface area (Å²) in [5.74, 6) is 0.889. The van der Waals surface area contributed by atoms with E-state index in [1.807, 2.05) is 43.3 Å². The van der Waals surface area contributed by atoms with Crippen molar-refractivity contribution in [3.05, 3.63) is 63.6 Å². The summed E-state index contributed by atoms with van der Waals surface area (Å²) in [6.45, 7) is 2.02. The molecule has 1 unspecified atom stereocenters. The molecule has 0 amide bonds. The Morgan fingerprint density at radius 1 is 1.11 bits per heavy atom. The van der Waals surface area contributed by atoms with Gasteiger partial charge in [-0.15, -0.1) is 0 Å². The highest BCUT2D eigenvalue weighted by molar-refractivity contribution is 9.10. The molecule has 2 nitrogen and oxygen atoms in total. The number of nitrogens with two attached hydrogens (primary N) is 1. The van der Waals surface area contributed by atoms with Gasteiger partial charge in [-0.25, -0.2) is 0 Å². The summed E-state index contributed by atoms with van der Waals surface area (Å²) in [7, 11) is 1.68. The first-order chi connectivity index (χ1) is 8.61. The molecule has 0 heterocycles. The van der Waals surface area contributed by atoms with E-state index < -0.39 is 0 Å². The standard InChI is InChI=1S/C15H16BrNO/c1-10-8-12(6-7-14(10)18-2)15(17)11-4-3-5-13(16)9-11/h3-9,15H,17H2,1-2H3. The van der Waals surface area contributed by atoms with Crippen molar-refractivity contribution in [2.45, 2.75) is 13.0 Å². The summed E-state index contributed by atoms with van der Waals surface area (Å²) >= 11 is 3.46. The van der Waals surface area contributed by atoms with Crippen LogP contribution in [0.4, 0.5) is 0 Å². The van der Waals surface area contributed by atoms with Crippen LogP contribution in [0, 0.1) is 6.92 Å². The Morgan fingerprint density at radius 2 is 1.83 bits per heavy atom. The Bertz CT molecular complexity index is 554. The van der Waals surface area contributed by atoms with Gasteiger partial charge >= 0.3 is 0 Å². The van der Waals surface area contributed by atoms with E-state index in [1.165, 1.54) is 0 Å². The maximum Gasteiger partial charge on any atom is 0.121 e. The van der Waals surface area contributed by atoms with Gasteiger partial charge in [-0.1, -0.05) is 40.2 Å². The zero-order chi connectivity index (χ0) is 13.1. The summed E-state index contributed by atoms with van der Waals surface area (Å²) in [5.41, 5.74) is 9.56. The summed E-state index contributed by atoms with van der Waals surface area (Å²) in [5, 5.41) is 0. The molecule has 0 aliphatic heterocycles. The third-order valence-corrected chi connectivity index (χ3v) is 3.48. The monoisotopic (exact) mass is 305 g/mol. The van der Waals surface area contributed by atoms with E-state index in [0.29, 0.717) is 0 Å². The van der Waals surface area contributed by atoms with Gasteiger partial charge in [0.15, 0.2) is 0 Å². The molecule has 0 radical (unpaired) electrons. The Morgan fingerprint density at radius 3 is 2.44 bits per heavy atom. The number of hydrogen-bond donors (Lipinski definition) is 1. The van der Waals surface area contributed by atoms with E-state index in [4.69, 9.17) is 10.5 Å². The van der Waals surface area contributed by atoms with Crippen LogP contribution in [-0.4, -0.2) is 7.11 Å². The molecular formula is C15H16BrNO. The predicted octanol–water partition coefficient (Wildman–Crippen LogP) is 3.81. The fourth-order valence-corrected chi connectivity index (χ4v) is 2.40. The molecule has 0 saturated carbocycles. The van der Waals surface area contributed by atoms with Crippen LogP contribution in [0.15, 0.2) is 46.9 Å². The van der Waals surface area contributed by atoms with Crippen LogP contribution in [-0.2, 0) is 0 Å². The van der Waals surface area contributed by atoms with Crippen LogP contribution in [0.2, 0.25) is 0 Å². The average Bonchev–Trinajstić information content (AvgIpc) is 2.37. The highest BCUT2D eigenvalue weighted by Crippen LogP contribution is 2.26. The van der Waals surface area contributed by atoms with E-state index in [2.05, 4.69) is 22.0 Å². The normalized spacial score (nSPS) is 12.2. The second kappa shape index (κ2) is 5.55. The van der Waals surface area contributed by atoms with Crippen LogP contribution in [0.1, 0.15) is 22.7 Å². The molecule has 0 aromatic heterocycles. The number of aryl methyl sites for hydroxylation is 1. The number of rotatable bonds is 3. The molecule has 2 rings (SSSR count). The molecule has 2 N–H and O–H groups in total. The highest BCUT2D eigenvalue weighted by atomic mass is 79.9. The summed E-state index contributed by atoms with van der Waals surface area (Å²) in [6.07, 6.45) is 0. The second-order valence-electron chi connectivity index (χ2n) is 4.26. The van der Waals surface area contributed by atoms with Crippen LogP contribution < -0.4 is 10.5 Å². The minimum Gasteiger partial charge on any atom is -0.496 e. The van der Waals surface area contributed by atoms with Crippen LogP contribution in [0.3, 0.4) is 0 Å². The first-order valence-electron chi connectivity index (χ1n) is 5.77. The van der Waals surface area contributed by atoms with Gasteiger partial charge in [0.1, 0.15) is 5.75 Å². The maximum atomic E-state index is 6.28. The van der Waals surface area contributed by atoms with Gasteiger partial charge in [-0.05, 0) is 41.8 Å². The third kappa shape index (κ3) is 2.74. The van der Waals surface area contributed by atoms with Gasteiger partial charge in [0.25, 0.3) is 0 Å². The van der Waals surface area contributed by atoms with Gasteiger partial charge in [0.05, 0.1) is 13.2 Å². The Balaban J connectivity index is 2.34. The second-order valence-corrected chi connectivity index (χ2v) is 5.18. The van der Waals surface area contributed by atoms with Crippen LogP contribution in [0.5, 0.6) is 5.75 Å². The minimum atomic E-state index is -0.118. The van der Waals surface area contributed by atoms with E-state index in [0.717, 1.165) is 26.9 Å². The smallest absolute Gasteiger partial charge is 0.121 e. The zero-order valence-electron chi connectivity index (χ0n) is 10.5. The highest BCUT2D eigenvalue weighted by Gasteiger charge is 2.10. The molecular weight excluding hydrogens is 290 g/mol. The van der Waals surface area contributed by atoms with Gasteiger partial charge < -0.3 is 10.5 Å². The van der Waals surface area contributed by atoms with Gasteiger partial charge in [-0.3, -0.25) is 0 Å². The predicted molar refractivity (Wildman–Crippen MR) is 77.9 cm³/mol. The Kier molecular flexibility index (Phi) is 4.04. The first kappa shape index (κ1) is 13.1. The van der Waals surface area contributed by atoms with Gasteiger partial charge in [0.2, 0.25) is 0 Å². The van der Waals surface area contributed by atoms with E-state index in [1.54, 1.807) is 7.11 Å². The largest absolute Gasteiger partial charge is 0.496 e. The third-order valence-electron chi connectivity index (χ3n) is 2.99. The molecule has 0 saturated heterocycles. The van der Waals surface area contributed by atoms with E-state index in [9.17, 15) is 0 Å². The van der Waals surface area contributed by atoms with E-state index >= 15 is 0 Å². The Labute approximate surface area is 116 Å². The van der Waals surface area contributed by atoms with Crippen molar-refractivity contribution in [2.24, 2.45) is 5.73 Å². The molecule has 0 bridgehead atoms. The number of ether oxygens (including phenoxy) is 1. The van der Waals surface area contributed by atoms with Crippen molar-refractivity contribution in [2.75, 3.05) is 7.11 Å². The first-order valence-corrected chi connectivity index (χ1v) is 6.56. The molecule has 0 aliphatic carbocycles. The van der Waals surface area contributed by atoms with Crippen molar-refractivity contribution in [1.29, 1.82) is 0 Å². The van der Waals surface area contributed by atoms with Crippen LogP contribution in [0.25, 0.3) is 0 Å². The lowest BCUT2D eigenvalue weighted by Gasteiger charge is -2.15. The lowest BCUT2D eigenvalue weighted by molar-refractivity contribution is 0.411. The van der Waals surface area contributed by atoms with Crippen molar-refractivity contribution >= 4 is 15.9 Å². The minimum absolute atomic E-state index is 0.118. The van der Waals surface area contributed by atoms with Crippen molar-refractivity contribution < 1.29 is 4.74 Å². The van der Waals surface area contributed by atoms with Gasteiger partial charge in [0, 0.05) is 4.47 Å². The van der Waals surface area contributed by atoms with Gasteiger partial charge in [-0.2, -0.15) is 0 Å². The van der Waals surface area contributed by atoms with Crippen molar-refractivity contribution in [1.82, 2.24) is 0 Å². The molecule has 0 fully saturated rings. The fraction of sp³-hybridized carbons (Fsp3) is 0.200. The van der Waals surface area contributed by atoms with Crippen molar-refractivity contribution in [3.63, 3.8) is 0 Å². The van der Waals surface area contributed by atoms with E-state index in [-0.39, 0.29) is 6.04 Å². The number of halogens is 1. The summed E-state index contributed by atoms with van der Waals surface area (Å²) < 4.78 is 6.30.